The highest BCUT2D eigenvalue weighted by molar-refractivity contribution is 6.36. The molecule has 0 fully saturated rings. The maximum atomic E-state index is 12.9. The van der Waals surface area contributed by atoms with Crippen LogP contribution in [-0.4, -0.2) is 24.1 Å². The van der Waals surface area contributed by atoms with Gasteiger partial charge in [-0.05, 0) is 56.2 Å². The van der Waals surface area contributed by atoms with E-state index in [4.69, 9.17) is 55.6 Å². The number of hydrazone groups is 1. The van der Waals surface area contributed by atoms with E-state index in [1.807, 2.05) is 0 Å². The van der Waals surface area contributed by atoms with E-state index in [9.17, 15) is 9.59 Å². The van der Waals surface area contributed by atoms with Gasteiger partial charge < -0.3 is 14.5 Å². The fourth-order valence-corrected chi connectivity index (χ4v) is 4.70. The highest BCUT2D eigenvalue weighted by atomic mass is 35.5. The van der Waals surface area contributed by atoms with E-state index < -0.39 is 11.8 Å². The quantitative estimate of drug-likeness (QED) is 0.332. The molecule has 35 heavy (non-hydrogen) atoms. The third-order valence-electron chi connectivity index (χ3n) is 5.22. The first-order valence-electron chi connectivity index (χ1n) is 10.5. The molecule has 1 aliphatic rings. The Morgan fingerprint density at radius 1 is 1.03 bits per heavy atom. The first-order chi connectivity index (χ1) is 16.7. The number of nitrogens with one attached hydrogen (secondary N) is 2. The van der Waals surface area contributed by atoms with Crippen LogP contribution in [0.4, 0.5) is 5.69 Å². The molecular formula is C24H19Cl4N3O4. The highest BCUT2D eigenvalue weighted by Crippen LogP contribution is 2.31. The van der Waals surface area contributed by atoms with Gasteiger partial charge in [0.2, 0.25) is 0 Å². The maximum absolute atomic E-state index is 12.9. The summed E-state index contributed by atoms with van der Waals surface area (Å²) in [5.74, 6) is 0.230. The van der Waals surface area contributed by atoms with Crippen LogP contribution < -0.4 is 15.5 Å². The number of benzene rings is 2. The van der Waals surface area contributed by atoms with Gasteiger partial charge in [0.05, 0.1) is 10.7 Å². The number of halogens is 4. The number of anilines is 1. The average Bonchev–Trinajstić information content (AvgIpc) is 3.13. The molecule has 2 amide bonds. The summed E-state index contributed by atoms with van der Waals surface area (Å²) in [4.78, 5) is 25.2. The molecule has 11 heteroatoms. The number of amides is 2. The summed E-state index contributed by atoms with van der Waals surface area (Å²) < 4.78 is 11.3. The smallest absolute Gasteiger partial charge is 0.291 e. The van der Waals surface area contributed by atoms with Crippen molar-refractivity contribution in [3.8, 4) is 5.75 Å². The predicted molar refractivity (Wildman–Crippen MR) is 137 cm³/mol. The molecule has 2 N–H and O–H groups in total. The lowest BCUT2D eigenvalue weighted by atomic mass is 9.93. The molecule has 0 saturated carbocycles. The van der Waals surface area contributed by atoms with Crippen LogP contribution in [0.5, 0.6) is 5.75 Å². The number of fused-ring (bicyclic) bond motifs is 1. The minimum absolute atomic E-state index is 0.160. The zero-order valence-electron chi connectivity index (χ0n) is 18.4. The van der Waals surface area contributed by atoms with E-state index >= 15 is 0 Å². The number of nitrogens with zero attached hydrogens (tertiary/aromatic N) is 1. The van der Waals surface area contributed by atoms with Crippen LogP contribution in [0.1, 0.15) is 40.3 Å². The van der Waals surface area contributed by atoms with E-state index in [0.717, 1.165) is 6.42 Å². The fourth-order valence-electron chi connectivity index (χ4n) is 3.71. The summed E-state index contributed by atoms with van der Waals surface area (Å²) in [5, 5.41) is 8.58. The van der Waals surface area contributed by atoms with Gasteiger partial charge in [-0.15, -0.1) is 0 Å². The van der Waals surface area contributed by atoms with Gasteiger partial charge in [0, 0.05) is 38.3 Å². The van der Waals surface area contributed by atoms with Gasteiger partial charge in [0.1, 0.15) is 11.5 Å². The Morgan fingerprint density at radius 3 is 2.49 bits per heavy atom. The molecule has 0 atom stereocenters. The van der Waals surface area contributed by atoms with Crippen LogP contribution in [0, 0.1) is 6.92 Å². The van der Waals surface area contributed by atoms with Crippen LogP contribution in [0.3, 0.4) is 0 Å². The molecule has 0 saturated heterocycles. The lowest BCUT2D eigenvalue weighted by molar-refractivity contribution is -0.123. The van der Waals surface area contributed by atoms with Crippen molar-refractivity contribution in [2.24, 2.45) is 5.10 Å². The van der Waals surface area contributed by atoms with E-state index in [2.05, 4.69) is 15.8 Å². The van der Waals surface area contributed by atoms with Crippen molar-refractivity contribution >= 4 is 69.6 Å². The molecule has 2 aromatic carbocycles. The Labute approximate surface area is 221 Å². The van der Waals surface area contributed by atoms with E-state index in [1.54, 1.807) is 37.3 Å². The molecule has 1 heterocycles. The first kappa shape index (κ1) is 25.4. The van der Waals surface area contributed by atoms with Crippen molar-refractivity contribution < 1.29 is 18.7 Å². The first-order valence-corrected chi connectivity index (χ1v) is 12.1. The molecule has 1 aromatic heterocycles. The molecule has 0 bridgehead atoms. The lowest BCUT2D eigenvalue weighted by Gasteiger charge is -2.13. The molecule has 3 aromatic rings. The van der Waals surface area contributed by atoms with Crippen LogP contribution >= 0.6 is 46.4 Å². The van der Waals surface area contributed by atoms with E-state index in [0.29, 0.717) is 67.0 Å². The maximum Gasteiger partial charge on any atom is 0.291 e. The normalized spacial score (nSPS) is 13.9. The van der Waals surface area contributed by atoms with Gasteiger partial charge in [-0.3, -0.25) is 9.59 Å². The second kappa shape index (κ2) is 10.9. The number of carbonyl (C=O) groups excluding carboxylic acids is 2. The zero-order valence-corrected chi connectivity index (χ0v) is 21.4. The summed E-state index contributed by atoms with van der Waals surface area (Å²) in [6, 6.07) is 9.46. The lowest BCUT2D eigenvalue weighted by Crippen LogP contribution is -2.27. The van der Waals surface area contributed by atoms with Crippen LogP contribution in [-0.2, 0) is 11.2 Å². The van der Waals surface area contributed by atoms with Gasteiger partial charge in [0.15, 0.2) is 12.4 Å². The molecule has 0 aliphatic heterocycles. The van der Waals surface area contributed by atoms with Crippen LogP contribution in [0.2, 0.25) is 20.1 Å². The SMILES string of the molecule is Cc1c(C(=O)Nc2cc(Cl)cc(Cl)c2)oc2c1/C(=N/NC(=O)COc1ccc(Cl)cc1Cl)CCC2. The third kappa shape index (κ3) is 6.11. The fraction of sp³-hybridized carbons (Fsp3) is 0.208. The third-order valence-corrected chi connectivity index (χ3v) is 6.19. The number of rotatable bonds is 6. The number of hydrogen-bond acceptors (Lipinski definition) is 5. The summed E-state index contributed by atoms with van der Waals surface area (Å²) in [5.41, 5.74) is 4.91. The zero-order chi connectivity index (χ0) is 25.1. The minimum atomic E-state index is -0.465. The molecule has 0 unspecified atom stereocenters. The minimum Gasteiger partial charge on any atom is -0.482 e. The summed E-state index contributed by atoms with van der Waals surface area (Å²) in [7, 11) is 0. The second-order valence-electron chi connectivity index (χ2n) is 7.78. The molecule has 0 radical (unpaired) electrons. The average molecular weight is 555 g/mol. The molecule has 0 spiro atoms. The number of aryl methyl sites for hydroxylation is 1. The van der Waals surface area contributed by atoms with Gasteiger partial charge in [-0.25, -0.2) is 5.43 Å². The number of hydrogen-bond donors (Lipinski definition) is 2. The molecule has 7 nitrogen and oxygen atoms in total. The number of ether oxygens (including phenoxy) is 1. The summed E-state index contributed by atoms with van der Waals surface area (Å²) >= 11 is 23.9. The highest BCUT2D eigenvalue weighted by Gasteiger charge is 2.28. The molecule has 1 aliphatic carbocycles. The number of carbonyl (C=O) groups is 2. The number of furan rings is 1. The Balaban J connectivity index is 1.46. The second-order valence-corrected chi connectivity index (χ2v) is 9.49. The van der Waals surface area contributed by atoms with Gasteiger partial charge in [-0.1, -0.05) is 46.4 Å². The Hall–Kier alpha value is -2.71. The van der Waals surface area contributed by atoms with E-state index in [1.165, 1.54) is 6.07 Å². The van der Waals surface area contributed by atoms with Crippen LogP contribution in [0.15, 0.2) is 45.9 Å². The van der Waals surface area contributed by atoms with Crippen molar-refractivity contribution in [1.29, 1.82) is 0 Å². The summed E-state index contributed by atoms with van der Waals surface area (Å²) in [6.07, 6.45) is 2.02. The predicted octanol–water partition coefficient (Wildman–Crippen LogP) is 6.69. The molecular weight excluding hydrogens is 536 g/mol. The standard InChI is InChI=1S/C24H19Cl4N3O4/c1-12-22-18(30-31-21(32)11-34-19-6-5-13(25)10-17(19)28)3-2-4-20(22)35-23(12)24(33)29-16-8-14(26)7-15(27)9-16/h5-10H,2-4,11H2,1H3,(H,29,33)(H,31,32)/b30-18+. The van der Waals surface area contributed by atoms with E-state index in [-0.39, 0.29) is 12.4 Å². The van der Waals surface area contributed by atoms with Crippen molar-refractivity contribution in [3.05, 3.63) is 79.1 Å². The largest absolute Gasteiger partial charge is 0.482 e. The Morgan fingerprint density at radius 2 is 1.77 bits per heavy atom. The van der Waals surface area contributed by atoms with Crippen molar-refractivity contribution in [1.82, 2.24) is 5.43 Å². The summed E-state index contributed by atoms with van der Waals surface area (Å²) in [6.45, 7) is 1.49. The van der Waals surface area contributed by atoms with Crippen molar-refractivity contribution in [2.45, 2.75) is 26.2 Å². The molecule has 182 valence electrons. The van der Waals surface area contributed by atoms with Gasteiger partial charge >= 0.3 is 0 Å². The van der Waals surface area contributed by atoms with Gasteiger partial charge in [-0.2, -0.15) is 5.10 Å². The Bertz CT molecular complexity index is 1320. The topological polar surface area (TPSA) is 92.9 Å². The van der Waals surface area contributed by atoms with Crippen molar-refractivity contribution in [2.75, 3.05) is 11.9 Å². The van der Waals surface area contributed by atoms with Crippen LogP contribution in [0.25, 0.3) is 0 Å². The Kier molecular flexibility index (Phi) is 7.91. The molecule has 4 rings (SSSR count). The monoisotopic (exact) mass is 553 g/mol. The van der Waals surface area contributed by atoms with Gasteiger partial charge in [0.25, 0.3) is 11.8 Å². The van der Waals surface area contributed by atoms with Crippen molar-refractivity contribution in [3.63, 3.8) is 0 Å².